The third-order valence-corrected chi connectivity index (χ3v) is 7.36. The SMILES string of the molecule is O=C(CCCC[C@H]1CCSS1)NCCc1c[nH]c2ccc(F)cc12. The maximum atomic E-state index is 13.3. The van der Waals surface area contributed by atoms with E-state index in [1.165, 1.54) is 24.7 Å². The summed E-state index contributed by atoms with van der Waals surface area (Å²) in [5, 5.41) is 4.66. The number of hydrogen-bond donors (Lipinski definition) is 2. The summed E-state index contributed by atoms with van der Waals surface area (Å²) in [4.78, 5) is 15.0. The number of aromatic nitrogens is 1. The average molecular weight is 367 g/mol. The van der Waals surface area contributed by atoms with Gasteiger partial charge in [-0.15, -0.1) is 0 Å². The molecular formula is C18H23FN2OS2. The van der Waals surface area contributed by atoms with E-state index in [2.05, 4.69) is 10.3 Å². The number of amides is 1. The number of carbonyl (C=O) groups excluding carboxylic acids is 1. The molecule has 1 aliphatic heterocycles. The van der Waals surface area contributed by atoms with Crippen molar-refractivity contribution < 1.29 is 9.18 Å². The Hall–Kier alpha value is -1.14. The lowest BCUT2D eigenvalue weighted by Crippen LogP contribution is -2.25. The zero-order chi connectivity index (χ0) is 16.8. The fraction of sp³-hybridized carbons (Fsp3) is 0.500. The number of nitrogens with one attached hydrogen (secondary N) is 2. The molecule has 0 unspecified atom stereocenters. The molecule has 0 spiro atoms. The molecule has 1 aromatic carbocycles. The smallest absolute Gasteiger partial charge is 0.220 e. The minimum Gasteiger partial charge on any atom is -0.361 e. The Morgan fingerprint density at radius 1 is 1.38 bits per heavy atom. The topological polar surface area (TPSA) is 44.9 Å². The number of halogens is 1. The first-order chi connectivity index (χ1) is 11.7. The van der Waals surface area contributed by atoms with Crippen LogP contribution in [0.3, 0.4) is 0 Å². The highest BCUT2D eigenvalue weighted by Crippen LogP contribution is 2.39. The number of fused-ring (bicyclic) bond motifs is 1. The Morgan fingerprint density at radius 2 is 2.29 bits per heavy atom. The Labute approximate surface area is 149 Å². The molecular weight excluding hydrogens is 343 g/mol. The zero-order valence-electron chi connectivity index (χ0n) is 13.6. The second kappa shape index (κ2) is 8.81. The van der Waals surface area contributed by atoms with E-state index in [4.69, 9.17) is 0 Å². The minimum absolute atomic E-state index is 0.120. The number of aromatic amines is 1. The van der Waals surface area contributed by atoms with Crippen LogP contribution in [0.4, 0.5) is 4.39 Å². The predicted molar refractivity (Wildman–Crippen MR) is 102 cm³/mol. The van der Waals surface area contributed by atoms with Gasteiger partial charge in [0.05, 0.1) is 0 Å². The van der Waals surface area contributed by atoms with Gasteiger partial charge in [0, 0.05) is 41.1 Å². The Kier molecular flexibility index (Phi) is 6.49. The molecule has 1 amide bonds. The molecule has 2 heterocycles. The first-order valence-corrected chi connectivity index (χ1v) is 10.9. The number of unbranched alkanes of at least 4 members (excludes halogenated alkanes) is 1. The molecule has 0 saturated carbocycles. The van der Waals surface area contributed by atoms with Gasteiger partial charge >= 0.3 is 0 Å². The van der Waals surface area contributed by atoms with Crippen LogP contribution >= 0.6 is 21.6 Å². The van der Waals surface area contributed by atoms with E-state index in [1.807, 2.05) is 27.8 Å². The van der Waals surface area contributed by atoms with Gasteiger partial charge in [0.15, 0.2) is 0 Å². The number of carbonyl (C=O) groups is 1. The molecule has 2 N–H and O–H groups in total. The summed E-state index contributed by atoms with van der Waals surface area (Å²) < 4.78 is 13.3. The van der Waals surface area contributed by atoms with Crippen LogP contribution in [0, 0.1) is 5.82 Å². The van der Waals surface area contributed by atoms with Crippen LogP contribution in [-0.4, -0.2) is 28.4 Å². The van der Waals surface area contributed by atoms with Gasteiger partial charge in [0.25, 0.3) is 0 Å². The van der Waals surface area contributed by atoms with Gasteiger partial charge in [-0.1, -0.05) is 28.0 Å². The van der Waals surface area contributed by atoms with Crippen molar-refractivity contribution >= 4 is 38.4 Å². The third-order valence-electron chi connectivity index (χ3n) is 4.35. The number of benzene rings is 1. The molecule has 1 aromatic heterocycles. The zero-order valence-corrected chi connectivity index (χ0v) is 15.3. The lowest BCUT2D eigenvalue weighted by atomic mass is 10.1. The number of rotatable bonds is 8. The Morgan fingerprint density at radius 3 is 3.12 bits per heavy atom. The molecule has 1 saturated heterocycles. The molecule has 0 aliphatic carbocycles. The highest BCUT2D eigenvalue weighted by Gasteiger charge is 2.15. The van der Waals surface area contributed by atoms with E-state index in [0.717, 1.165) is 34.6 Å². The van der Waals surface area contributed by atoms with Crippen molar-refractivity contribution in [1.29, 1.82) is 0 Å². The molecule has 6 heteroatoms. The van der Waals surface area contributed by atoms with Gasteiger partial charge in [0.2, 0.25) is 5.91 Å². The lowest BCUT2D eigenvalue weighted by Gasteiger charge is -2.07. The van der Waals surface area contributed by atoms with Crippen LogP contribution in [-0.2, 0) is 11.2 Å². The minimum atomic E-state index is -0.230. The summed E-state index contributed by atoms with van der Waals surface area (Å²) in [6, 6.07) is 4.74. The summed E-state index contributed by atoms with van der Waals surface area (Å²) in [5.41, 5.74) is 1.97. The molecule has 130 valence electrons. The van der Waals surface area contributed by atoms with E-state index in [-0.39, 0.29) is 11.7 Å². The van der Waals surface area contributed by atoms with Crippen molar-refractivity contribution in [2.24, 2.45) is 0 Å². The van der Waals surface area contributed by atoms with E-state index >= 15 is 0 Å². The lowest BCUT2D eigenvalue weighted by molar-refractivity contribution is -0.121. The first kappa shape index (κ1) is 17.7. The molecule has 3 nitrogen and oxygen atoms in total. The van der Waals surface area contributed by atoms with Gasteiger partial charge < -0.3 is 10.3 Å². The van der Waals surface area contributed by atoms with E-state index < -0.39 is 0 Å². The fourth-order valence-corrected chi connectivity index (χ4v) is 6.03. The van der Waals surface area contributed by atoms with Crippen LogP contribution in [0.5, 0.6) is 0 Å². The summed E-state index contributed by atoms with van der Waals surface area (Å²) in [5.74, 6) is 1.16. The van der Waals surface area contributed by atoms with Crippen LogP contribution in [0.2, 0.25) is 0 Å². The highest BCUT2D eigenvalue weighted by molar-refractivity contribution is 8.77. The van der Waals surface area contributed by atoms with Crippen molar-refractivity contribution in [3.05, 3.63) is 35.8 Å². The summed E-state index contributed by atoms with van der Waals surface area (Å²) in [6.07, 6.45) is 7.85. The summed E-state index contributed by atoms with van der Waals surface area (Å²) in [6.45, 7) is 0.595. The van der Waals surface area contributed by atoms with Crippen molar-refractivity contribution in [2.75, 3.05) is 12.3 Å². The summed E-state index contributed by atoms with van der Waals surface area (Å²) in [7, 11) is 3.97. The van der Waals surface area contributed by atoms with Crippen LogP contribution < -0.4 is 5.32 Å². The van der Waals surface area contributed by atoms with Crippen molar-refractivity contribution in [1.82, 2.24) is 10.3 Å². The van der Waals surface area contributed by atoms with Crippen LogP contribution in [0.25, 0.3) is 10.9 Å². The number of hydrogen-bond acceptors (Lipinski definition) is 3. The fourth-order valence-electron chi connectivity index (χ4n) is 3.00. The molecule has 1 atom stereocenters. The van der Waals surface area contributed by atoms with E-state index in [0.29, 0.717) is 19.4 Å². The monoisotopic (exact) mass is 366 g/mol. The van der Waals surface area contributed by atoms with Gasteiger partial charge in [-0.25, -0.2) is 4.39 Å². The second-order valence-corrected chi connectivity index (χ2v) is 8.97. The molecule has 24 heavy (non-hydrogen) atoms. The molecule has 3 rings (SSSR count). The maximum absolute atomic E-state index is 13.3. The number of H-pyrrole nitrogens is 1. The van der Waals surface area contributed by atoms with Gasteiger partial charge in [-0.2, -0.15) is 0 Å². The molecule has 1 aliphatic rings. The van der Waals surface area contributed by atoms with Gasteiger partial charge in [0.1, 0.15) is 5.82 Å². The second-order valence-electron chi connectivity index (χ2n) is 6.18. The highest BCUT2D eigenvalue weighted by atomic mass is 33.1. The molecule has 1 fully saturated rings. The van der Waals surface area contributed by atoms with Crippen molar-refractivity contribution in [3.63, 3.8) is 0 Å². The van der Waals surface area contributed by atoms with Crippen molar-refractivity contribution in [2.45, 2.75) is 43.8 Å². The standard InChI is InChI=1S/C18H23FN2OS2/c19-14-5-6-17-16(11-14)13(12-21-17)7-9-20-18(22)4-2-1-3-15-8-10-23-24-15/h5-6,11-12,15,21H,1-4,7-10H2,(H,20,22)/t15-/m0/s1. The molecule has 2 aromatic rings. The van der Waals surface area contributed by atoms with Gasteiger partial charge in [-0.05, 0) is 49.4 Å². The normalized spacial score (nSPS) is 17.5. The van der Waals surface area contributed by atoms with Crippen molar-refractivity contribution in [3.8, 4) is 0 Å². The average Bonchev–Trinajstić information content (AvgIpc) is 3.22. The van der Waals surface area contributed by atoms with Crippen LogP contribution in [0.1, 0.15) is 37.7 Å². The molecule has 0 radical (unpaired) electrons. The Balaban J connectivity index is 1.34. The third kappa shape index (κ3) is 4.93. The maximum Gasteiger partial charge on any atom is 0.220 e. The largest absolute Gasteiger partial charge is 0.361 e. The van der Waals surface area contributed by atoms with Crippen LogP contribution in [0.15, 0.2) is 24.4 Å². The summed E-state index contributed by atoms with van der Waals surface area (Å²) >= 11 is 0. The van der Waals surface area contributed by atoms with Gasteiger partial charge in [-0.3, -0.25) is 4.79 Å². The first-order valence-electron chi connectivity index (χ1n) is 8.53. The Bertz CT molecular complexity index is 683. The predicted octanol–water partition coefficient (Wildman–Crippen LogP) is 4.68. The van der Waals surface area contributed by atoms with E-state index in [1.54, 1.807) is 12.1 Å². The van der Waals surface area contributed by atoms with E-state index in [9.17, 15) is 9.18 Å². The molecule has 0 bridgehead atoms. The quantitative estimate of drug-likeness (QED) is 0.527.